The number of hydrogen-bond acceptors (Lipinski definition) is 5. The molecule has 1 saturated heterocycles. The average Bonchev–Trinajstić information content (AvgIpc) is 2.71. The molecular weight excluding hydrogens is 410 g/mol. The molecule has 0 aromatic heterocycles. The fourth-order valence-electron chi connectivity index (χ4n) is 3.20. The first kappa shape index (κ1) is 22.1. The maximum absolute atomic E-state index is 12.3. The Hall–Kier alpha value is -1.64. The van der Waals surface area contributed by atoms with E-state index in [4.69, 9.17) is 16.3 Å². The van der Waals surface area contributed by atoms with E-state index in [0.717, 1.165) is 44.0 Å². The van der Waals surface area contributed by atoms with Crippen LogP contribution < -0.4 is 9.46 Å². The van der Waals surface area contributed by atoms with Crippen LogP contribution in [0, 0.1) is 6.92 Å². The van der Waals surface area contributed by atoms with Gasteiger partial charge in [0.05, 0.1) is 4.90 Å². The summed E-state index contributed by atoms with van der Waals surface area (Å²) in [4.78, 5) is 4.96. The number of rotatable bonds is 9. The lowest BCUT2D eigenvalue weighted by Gasteiger charge is -2.34. The van der Waals surface area contributed by atoms with Gasteiger partial charge >= 0.3 is 0 Å². The van der Waals surface area contributed by atoms with Crippen molar-refractivity contribution in [2.24, 2.45) is 0 Å². The standard InChI is InChI=1S/C21H28ClN3O3S/c1-18-2-8-21(9-3-18)29(26,27)23-10-11-24-12-14-25(15-13-24)16-17-28-20-6-4-19(22)5-7-20/h2-9,23H,10-17H2,1H3. The molecule has 1 N–H and O–H groups in total. The van der Waals surface area contributed by atoms with Crippen molar-refractivity contribution in [3.05, 3.63) is 59.1 Å². The Morgan fingerprint density at radius 2 is 1.52 bits per heavy atom. The van der Waals surface area contributed by atoms with E-state index >= 15 is 0 Å². The number of piperazine rings is 1. The molecule has 0 aliphatic carbocycles. The molecule has 1 heterocycles. The minimum absolute atomic E-state index is 0.314. The molecule has 158 valence electrons. The number of halogens is 1. The summed E-state index contributed by atoms with van der Waals surface area (Å²) in [5, 5.41) is 0.703. The molecule has 3 rings (SSSR count). The van der Waals surface area contributed by atoms with Crippen LogP contribution in [0.3, 0.4) is 0 Å². The summed E-state index contributed by atoms with van der Waals surface area (Å²) in [7, 11) is -3.44. The van der Waals surface area contributed by atoms with Gasteiger partial charge in [-0.2, -0.15) is 0 Å². The molecule has 0 bridgehead atoms. The van der Waals surface area contributed by atoms with Crippen LogP contribution in [0.4, 0.5) is 0 Å². The van der Waals surface area contributed by atoms with Gasteiger partial charge in [-0.25, -0.2) is 13.1 Å². The second kappa shape index (κ2) is 10.4. The third kappa shape index (κ3) is 6.97. The number of ether oxygens (including phenoxy) is 1. The predicted molar refractivity (Wildman–Crippen MR) is 116 cm³/mol. The van der Waals surface area contributed by atoms with E-state index in [2.05, 4.69) is 14.5 Å². The Labute approximate surface area is 178 Å². The first-order valence-corrected chi connectivity index (χ1v) is 11.7. The van der Waals surface area contributed by atoms with E-state index in [0.29, 0.717) is 29.6 Å². The summed E-state index contributed by atoms with van der Waals surface area (Å²) in [5.41, 5.74) is 1.04. The molecule has 0 spiro atoms. The van der Waals surface area contributed by atoms with Gasteiger partial charge < -0.3 is 4.74 Å². The van der Waals surface area contributed by atoms with Gasteiger partial charge in [-0.1, -0.05) is 29.3 Å². The number of nitrogens with one attached hydrogen (secondary N) is 1. The highest BCUT2D eigenvalue weighted by atomic mass is 35.5. The summed E-state index contributed by atoms with van der Waals surface area (Å²) < 4.78 is 33.1. The third-order valence-electron chi connectivity index (χ3n) is 5.01. The number of sulfonamides is 1. The van der Waals surface area contributed by atoms with E-state index in [-0.39, 0.29) is 0 Å². The highest BCUT2D eigenvalue weighted by Crippen LogP contribution is 2.15. The van der Waals surface area contributed by atoms with Crippen LogP contribution in [-0.2, 0) is 10.0 Å². The highest BCUT2D eigenvalue weighted by molar-refractivity contribution is 7.89. The molecule has 0 atom stereocenters. The van der Waals surface area contributed by atoms with E-state index in [1.807, 2.05) is 43.3 Å². The van der Waals surface area contributed by atoms with Crippen molar-refractivity contribution in [2.75, 3.05) is 52.4 Å². The predicted octanol–water partition coefficient (Wildman–Crippen LogP) is 2.62. The van der Waals surface area contributed by atoms with Gasteiger partial charge in [0.1, 0.15) is 12.4 Å². The number of nitrogens with zero attached hydrogens (tertiary/aromatic N) is 2. The molecule has 0 unspecified atom stereocenters. The molecule has 6 nitrogen and oxygen atoms in total. The van der Waals surface area contributed by atoms with Crippen LogP contribution in [0.2, 0.25) is 5.02 Å². The summed E-state index contributed by atoms with van der Waals surface area (Å²) in [6.07, 6.45) is 0. The molecular formula is C21H28ClN3O3S. The zero-order valence-electron chi connectivity index (χ0n) is 16.7. The zero-order valence-corrected chi connectivity index (χ0v) is 18.3. The van der Waals surface area contributed by atoms with Crippen molar-refractivity contribution >= 4 is 21.6 Å². The van der Waals surface area contributed by atoms with Crippen molar-refractivity contribution in [1.29, 1.82) is 0 Å². The molecule has 0 radical (unpaired) electrons. The van der Waals surface area contributed by atoms with Crippen LogP contribution in [-0.4, -0.2) is 70.6 Å². The van der Waals surface area contributed by atoms with Gasteiger partial charge in [-0.05, 0) is 43.3 Å². The second-order valence-electron chi connectivity index (χ2n) is 7.20. The Bertz CT molecular complexity index is 865. The molecule has 8 heteroatoms. The van der Waals surface area contributed by atoms with Gasteiger partial charge in [0.2, 0.25) is 10.0 Å². The Balaban J connectivity index is 1.32. The normalized spacial score (nSPS) is 16.1. The first-order valence-electron chi connectivity index (χ1n) is 9.82. The van der Waals surface area contributed by atoms with E-state index < -0.39 is 10.0 Å². The van der Waals surface area contributed by atoms with Gasteiger partial charge in [0, 0.05) is 50.8 Å². The van der Waals surface area contributed by atoms with Crippen molar-refractivity contribution in [3.63, 3.8) is 0 Å². The van der Waals surface area contributed by atoms with Gasteiger partial charge in [0.25, 0.3) is 0 Å². The first-order chi connectivity index (χ1) is 13.9. The van der Waals surface area contributed by atoms with Crippen molar-refractivity contribution < 1.29 is 13.2 Å². The third-order valence-corrected chi connectivity index (χ3v) is 6.74. The van der Waals surface area contributed by atoms with E-state index in [1.165, 1.54) is 0 Å². The SMILES string of the molecule is Cc1ccc(S(=O)(=O)NCCN2CCN(CCOc3ccc(Cl)cc3)CC2)cc1. The van der Waals surface area contributed by atoms with E-state index in [9.17, 15) is 8.42 Å². The lowest BCUT2D eigenvalue weighted by molar-refractivity contribution is 0.118. The second-order valence-corrected chi connectivity index (χ2v) is 9.40. The lowest BCUT2D eigenvalue weighted by atomic mass is 10.2. The molecule has 0 amide bonds. The maximum atomic E-state index is 12.3. The number of benzene rings is 2. The molecule has 0 saturated carbocycles. The number of hydrogen-bond donors (Lipinski definition) is 1. The topological polar surface area (TPSA) is 61.9 Å². The fraction of sp³-hybridized carbons (Fsp3) is 0.429. The Morgan fingerprint density at radius 1 is 0.931 bits per heavy atom. The highest BCUT2D eigenvalue weighted by Gasteiger charge is 2.18. The minimum atomic E-state index is -3.44. The monoisotopic (exact) mass is 437 g/mol. The lowest BCUT2D eigenvalue weighted by Crippen LogP contribution is -2.49. The molecule has 1 fully saturated rings. The molecule has 1 aliphatic heterocycles. The van der Waals surface area contributed by atoms with Gasteiger partial charge in [-0.15, -0.1) is 0 Å². The van der Waals surface area contributed by atoms with Crippen LogP contribution in [0.5, 0.6) is 5.75 Å². The average molecular weight is 438 g/mol. The maximum Gasteiger partial charge on any atom is 0.240 e. The fourth-order valence-corrected chi connectivity index (χ4v) is 4.35. The van der Waals surface area contributed by atoms with Crippen LogP contribution in [0.1, 0.15) is 5.56 Å². The minimum Gasteiger partial charge on any atom is -0.492 e. The van der Waals surface area contributed by atoms with Crippen molar-refractivity contribution in [1.82, 2.24) is 14.5 Å². The van der Waals surface area contributed by atoms with Crippen molar-refractivity contribution in [2.45, 2.75) is 11.8 Å². The zero-order chi connectivity index (χ0) is 20.7. The van der Waals surface area contributed by atoms with Gasteiger partial charge in [-0.3, -0.25) is 9.80 Å². The summed E-state index contributed by atoms with van der Waals surface area (Å²) in [6, 6.07) is 14.3. The van der Waals surface area contributed by atoms with Crippen molar-refractivity contribution in [3.8, 4) is 5.75 Å². The van der Waals surface area contributed by atoms with Crippen LogP contribution >= 0.6 is 11.6 Å². The molecule has 1 aliphatic rings. The van der Waals surface area contributed by atoms with Gasteiger partial charge in [0.15, 0.2) is 0 Å². The van der Waals surface area contributed by atoms with Crippen LogP contribution in [0.25, 0.3) is 0 Å². The summed E-state index contributed by atoms with van der Waals surface area (Å²) >= 11 is 5.87. The van der Waals surface area contributed by atoms with E-state index in [1.54, 1.807) is 12.1 Å². The molecule has 2 aromatic rings. The Kier molecular flexibility index (Phi) is 7.91. The quantitative estimate of drug-likeness (QED) is 0.653. The molecule has 29 heavy (non-hydrogen) atoms. The van der Waals surface area contributed by atoms with Crippen LogP contribution in [0.15, 0.2) is 53.4 Å². The smallest absolute Gasteiger partial charge is 0.240 e. The number of aryl methyl sites for hydroxylation is 1. The Morgan fingerprint density at radius 3 is 2.14 bits per heavy atom. The molecule has 2 aromatic carbocycles. The summed E-state index contributed by atoms with van der Waals surface area (Å²) in [6.45, 7) is 8.32. The summed E-state index contributed by atoms with van der Waals surface area (Å²) in [5.74, 6) is 0.828. The largest absolute Gasteiger partial charge is 0.492 e.